The van der Waals surface area contributed by atoms with Crippen LogP contribution in [-0.4, -0.2) is 15.0 Å². The number of nitrogen functional groups attached to an aromatic ring is 1. The first-order valence-corrected chi connectivity index (χ1v) is 6.41. The van der Waals surface area contributed by atoms with Crippen molar-refractivity contribution < 1.29 is 0 Å². The number of aromatic nitrogens is 3. The van der Waals surface area contributed by atoms with Crippen LogP contribution in [0.5, 0.6) is 0 Å². The molecule has 0 saturated heterocycles. The summed E-state index contributed by atoms with van der Waals surface area (Å²) in [6, 6.07) is 14.0. The Morgan fingerprint density at radius 1 is 0.950 bits per heavy atom. The van der Waals surface area contributed by atoms with Crippen LogP contribution in [0.4, 0.5) is 5.82 Å². The molecule has 0 aliphatic rings. The Labute approximate surface area is 115 Å². The van der Waals surface area contributed by atoms with Crippen LogP contribution in [0.25, 0.3) is 33.1 Å². The third-order valence-corrected chi connectivity index (χ3v) is 3.50. The van der Waals surface area contributed by atoms with Gasteiger partial charge in [0.1, 0.15) is 5.82 Å². The van der Waals surface area contributed by atoms with E-state index >= 15 is 0 Å². The highest BCUT2D eigenvalue weighted by Crippen LogP contribution is 2.33. The molecule has 0 bridgehead atoms. The second-order valence-electron chi connectivity index (χ2n) is 4.68. The van der Waals surface area contributed by atoms with Gasteiger partial charge in [0, 0.05) is 28.7 Å². The van der Waals surface area contributed by atoms with Crippen molar-refractivity contribution in [2.75, 3.05) is 5.73 Å². The Morgan fingerprint density at radius 3 is 2.75 bits per heavy atom. The molecule has 0 aliphatic heterocycles. The van der Waals surface area contributed by atoms with Crippen molar-refractivity contribution in [1.29, 1.82) is 0 Å². The maximum atomic E-state index is 5.99. The van der Waals surface area contributed by atoms with Crippen LogP contribution in [-0.2, 0) is 0 Å². The monoisotopic (exact) mass is 260 g/mol. The second kappa shape index (κ2) is 4.06. The summed E-state index contributed by atoms with van der Waals surface area (Å²) >= 11 is 0. The molecule has 0 fully saturated rings. The molecule has 0 saturated carbocycles. The zero-order valence-electron chi connectivity index (χ0n) is 10.7. The first-order valence-electron chi connectivity index (χ1n) is 6.41. The molecule has 3 heterocycles. The summed E-state index contributed by atoms with van der Waals surface area (Å²) in [5.74, 6) is 0.492. The van der Waals surface area contributed by atoms with Crippen LogP contribution in [0.1, 0.15) is 0 Å². The molecule has 4 heteroatoms. The molecule has 0 amide bonds. The van der Waals surface area contributed by atoms with Crippen LogP contribution >= 0.6 is 0 Å². The molecule has 1 aromatic carbocycles. The fraction of sp³-hybridized carbons (Fsp3) is 0. The van der Waals surface area contributed by atoms with Crippen molar-refractivity contribution in [3.05, 3.63) is 54.9 Å². The molecule has 4 rings (SSSR count). The van der Waals surface area contributed by atoms with Crippen LogP contribution < -0.4 is 5.73 Å². The second-order valence-corrected chi connectivity index (χ2v) is 4.68. The van der Waals surface area contributed by atoms with Crippen molar-refractivity contribution in [2.24, 2.45) is 0 Å². The summed E-state index contributed by atoms with van der Waals surface area (Å²) in [5, 5.41) is 2.28. The number of benzene rings is 1. The number of rotatable bonds is 1. The molecule has 0 aliphatic carbocycles. The number of hydrogen-bond acceptors (Lipinski definition) is 3. The van der Waals surface area contributed by atoms with Crippen molar-refractivity contribution >= 4 is 27.6 Å². The van der Waals surface area contributed by atoms with E-state index < -0.39 is 0 Å². The Hall–Kier alpha value is -2.88. The number of nitrogens with one attached hydrogen (secondary N) is 1. The van der Waals surface area contributed by atoms with Crippen LogP contribution in [0.2, 0.25) is 0 Å². The van der Waals surface area contributed by atoms with Gasteiger partial charge in [-0.15, -0.1) is 0 Å². The molecule has 20 heavy (non-hydrogen) atoms. The summed E-state index contributed by atoms with van der Waals surface area (Å²) in [6.07, 6.45) is 3.61. The fourth-order valence-corrected chi connectivity index (χ4v) is 2.58. The van der Waals surface area contributed by atoms with Gasteiger partial charge in [0.15, 0.2) is 0 Å². The Morgan fingerprint density at radius 2 is 1.85 bits per heavy atom. The molecular weight excluding hydrogens is 248 g/mol. The molecule has 3 N–H and O–H groups in total. The van der Waals surface area contributed by atoms with Crippen molar-refractivity contribution in [3.63, 3.8) is 0 Å². The molecule has 0 spiro atoms. The molecular formula is C16H12N4. The summed E-state index contributed by atoms with van der Waals surface area (Å²) in [7, 11) is 0. The molecule has 0 unspecified atom stereocenters. The number of fused-ring (bicyclic) bond motifs is 3. The van der Waals surface area contributed by atoms with E-state index in [2.05, 4.69) is 22.1 Å². The van der Waals surface area contributed by atoms with Gasteiger partial charge in [0.2, 0.25) is 0 Å². The van der Waals surface area contributed by atoms with Crippen LogP contribution in [0.3, 0.4) is 0 Å². The zero-order valence-corrected chi connectivity index (χ0v) is 10.7. The lowest BCUT2D eigenvalue weighted by Gasteiger charge is -2.08. The summed E-state index contributed by atoms with van der Waals surface area (Å²) < 4.78 is 0. The SMILES string of the molecule is Nc1ncccc1-c1nc2ccccc2c2cc[nH]c12. The largest absolute Gasteiger partial charge is 0.383 e. The summed E-state index contributed by atoms with van der Waals surface area (Å²) in [5.41, 5.74) is 9.63. The molecule has 0 atom stereocenters. The van der Waals surface area contributed by atoms with E-state index in [9.17, 15) is 0 Å². The van der Waals surface area contributed by atoms with Gasteiger partial charge in [-0.2, -0.15) is 0 Å². The maximum Gasteiger partial charge on any atom is 0.132 e. The minimum absolute atomic E-state index is 0.492. The van der Waals surface area contributed by atoms with Gasteiger partial charge in [-0.25, -0.2) is 9.97 Å². The number of hydrogen-bond donors (Lipinski definition) is 2. The van der Waals surface area contributed by atoms with Crippen LogP contribution in [0, 0.1) is 0 Å². The first kappa shape index (κ1) is 11.0. The number of para-hydroxylation sites is 1. The quantitative estimate of drug-likeness (QED) is 0.551. The highest BCUT2D eigenvalue weighted by atomic mass is 14.8. The van der Waals surface area contributed by atoms with E-state index in [0.29, 0.717) is 5.82 Å². The van der Waals surface area contributed by atoms with Gasteiger partial charge in [-0.3, -0.25) is 0 Å². The number of nitrogens with two attached hydrogens (primary N) is 1. The van der Waals surface area contributed by atoms with E-state index in [1.54, 1.807) is 6.20 Å². The van der Waals surface area contributed by atoms with Gasteiger partial charge >= 0.3 is 0 Å². The number of nitrogens with zero attached hydrogens (tertiary/aromatic N) is 2. The van der Waals surface area contributed by atoms with Crippen molar-refractivity contribution in [2.45, 2.75) is 0 Å². The molecule has 0 radical (unpaired) electrons. The van der Waals surface area contributed by atoms with E-state index in [0.717, 1.165) is 33.1 Å². The molecule has 96 valence electrons. The van der Waals surface area contributed by atoms with E-state index in [1.807, 2.05) is 36.5 Å². The molecule has 4 nitrogen and oxygen atoms in total. The number of aromatic amines is 1. The first-order chi connectivity index (χ1) is 9.84. The lowest BCUT2D eigenvalue weighted by atomic mass is 10.1. The van der Waals surface area contributed by atoms with E-state index in [-0.39, 0.29) is 0 Å². The van der Waals surface area contributed by atoms with Crippen LogP contribution in [0.15, 0.2) is 54.9 Å². The standard InChI is InChI=1S/C16H12N4/c17-16-12(5-3-8-19-16)15-14-11(7-9-18-14)10-4-1-2-6-13(10)20-15/h1-9,18H,(H2,17,19). The Kier molecular flexibility index (Phi) is 2.23. The lowest BCUT2D eigenvalue weighted by molar-refractivity contribution is 1.31. The van der Waals surface area contributed by atoms with Gasteiger partial charge in [-0.05, 0) is 24.3 Å². The molecule has 4 aromatic rings. The average molecular weight is 260 g/mol. The van der Waals surface area contributed by atoms with E-state index in [1.165, 1.54) is 0 Å². The normalized spacial score (nSPS) is 11.2. The third-order valence-electron chi connectivity index (χ3n) is 3.50. The molecule has 3 aromatic heterocycles. The topological polar surface area (TPSA) is 67.6 Å². The summed E-state index contributed by atoms with van der Waals surface area (Å²) in [4.78, 5) is 12.2. The van der Waals surface area contributed by atoms with Crippen molar-refractivity contribution in [3.8, 4) is 11.3 Å². The maximum absolute atomic E-state index is 5.99. The van der Waals surface area contributed by atoms with Gasteiger partial charge in [-0.1, -0.05) is 18.2 Å². The fourth-order valence-electron chi connectivity index (χ4n) is 2.58. The predicted molar refractivity (Wildman–Crippen MR) is 81.2 cm³/mol. The number of anilines is 1. The highest BCUT2D eigenvalue weighted by molar-refractivity contribution is 6.10. The minimum atomic E-state index is 0.492. The van der Waals surface area contributed by atoms with E-state index in [4.69, 9.17) is 10.7 Å². The third kappa shape index (κ3) is 1.48. The van der Waals surface area contributed by atoms with Gasteiger partial charge in [0.25, 0.3) is 0 Å². The minimum Gasteiger partial charge on any atom is -0.383 e. The smallest absolute Gasteiger partial charge is 0.132 e. The average Bonchev–Trinajstić information content (AvgIpc) is 2.97. The van der Waals surface area contributed by atoms with Gasteiger partial charge < -0.3 is 10.7 Å². The van der Waals surface area contributed by atoms with Crippen molar-refractivity contribution in [1.82, 2.24) is 15.0 Å². The predicted octanol–water partition coefficient (Wildman–Crippen LogP) is 3.36. The zero-order chi connectivity index (χ0) is 13.5. The Balaban J connectivity index is 2.17. The lowest BCUT2D eigenvalue weighted by Crippen LogP contribution is -1.96. The summed E-state index contributed by atoms with van der Waals surface area (Å²) in [6.45, 7) is 0. The number of H-pyrrole nitrogens is 1. The Bertz CT molecular complexity index is 924. The van der Waals surface area contributed by atoms with Gasteiger partial charge in [0.05, 0.1) is 16.7 Å². The highest BCUT2D eigenvalue weighted by Gasteiger charge is 2.13. The number of pyridine rings is 2.